The van der Waals surface area contributed by atoms with Gasteiger partial charge in [-0.05, 0) is 57.8 Å². The van der Waals surface area contributed by atoms with E-state index in [9.17, 15) is 19.5 Å². The lowest BCUT2D eigenvalue weighted by Crippen LogP contribution is -2.56. The summed E-state index contributed by atoms with van der Waals surface area (Å²) in [6, 6.07) is -0.792. The van der Waals surface area contributed by atoms with Gasteiger partial charge in [0.15, 0.2) is 0 Å². The Balaban J connectivity index is 1.94. The zero-order chi connectivity index (χ0) is 27.1. The number of allylic oxidation sites excluding steroid dienone is 1. The minimum Gasteiger partial charge on any atom is -0.465 e. The van der Waals surface area contributed by atoms with Gasteiger partial charge in [0.25, 0.3) is 0 Å². The summed E-state index contributed by atoms with van der Waals surface area (Å²) >= 11 is 0. The Morgan fingerprint density at radius 3 is 2.59 bits per heavy atom. The summed E-state index contributed by atoms with van der Waals surface area (Å²) < 4.78 is 12.5. The summed E-state index contributed by atoms with van der Waals surface area (Å²) in [6.45, 7) is 13.2. The maximum Gasteiger partial charge on any atom is 0.312 e. The molecule has 3 aliphatic heterocycles. The minimum atomic E-state index is -1.04. The largest absolute Gasteiger partial charge is 0.465 e. The van der Waals surface area contributed by atoms with Gasteiger partial charge < -0.3 is 24.4 Å². The average Bonchev–Trinajstić information content (AvgIpc) is 3.50. The molecule has 5 atom stereocenters. The lowest BCUT2D eigenvalue weighted by Gasteiger charge is -2.37. The number of aliphatic hydroxyl groups is 1. The Morgan fingerprint density at radius 1 is 1.16 bits per heavy atom. The smallest absolute Gasteiger partial charge is 0.312 e. The molecule has 208 valence electrons. The van der Waals surface area contributed by atoms with E-state index in [-0.39, 0.29) is 18.4 Å². The van der Waals surface area contributed by atoms with Gasteiger partial charge in [-0.15, -0.1) is 13.2 Å². The van der Waals surface area contributed by atoms with Crippen molar-refractivity contribution in [2.24, 2.45) is 11.8 Å². The third-order valence-corrected chi connectivity index (χ3v) is 8.47. The van der Waals surface area contributed by atoms with Crippen LogP contribution in [0.15, 0.2) is 25.3 Å². The van der Waals surface area contributed by atoms with Crippen LogP contribution in [0.2, 0.25) is 0 Å². The molecule has 0 aromatic heterocycles. The van der Waals surface area contributed by atoms with Crippen LogP contribution in [0.25, 0.3) is 0 Å². The maximum absolute atomic E-state index is 14.1. The van der Waals surface area contributed by atoms with E-state index in [1.807, 2.05) is 13.0 Å². The number of hydrogen-bond acceptors (Lipinski definition) is 6. The van der Waals surface area contributed by atoms with Crippen LogP contribution in [-0.2, 0) is 23.9 Å². The van der Waals surface area contributed by atoms with Crippen LogP contribution in [0, 0.1) is 11.8 Å². The number of carbonyl (C=O) groups is 3. The third kappa shape index (κ3) is 5.51. The number of carbonyl (C=O) groups excluding carboxylic acids is 3. The van der Waals surface area contributed by atoms with Crippen molar-refractivity contribution in [3.05, 3.63) is 25.3 Å². The molecule has 0 radical (unpaired) electrons. The average molecular weight is 519 g/mol. The van der Waals surface area contributed by atoms with Gasteiger partial charge in [-0.3, -0.25) is 14.4 Å². The van der Waals surface area contributed by atoms with Crippen LogP contribution in [0.1, 0.15) is 78.1 Å². The quantitative estimate of drug-likeness (QED) is 0.179. The van der Waals surface area contributed by atoms with Gasteiger partial charge in [0.05, 0.1) is 18.1 Å². The molecule has 0 saturated carbocycles. The summed E-state index contributed by atoms with van der Waals surface area (Å²) in [5.74, 6) is -2.19. The van der Waals surface area contributed by atoms with E-state index < -0.39 is 35.0 Å². The highest BCUT2D eigenvalue weighted by molar-refractivity contribution is 5.98. The number of rotatable bonds is 17. The number of amides is 2. The Kier molecular flexibility index (Phi) is 10.4. The number of aliphatic hydroxyl groups excluding tert-OH is 1. The molecule has 3 aliphatic rings. The number of likely N-dealkylation sites (tertiary alicyclic amines) is 1. The van der Waals surface area contributed by atoms with Crippen molar-refractivity contribution < 1.29 is 29.0 Å². The van der Waals surface area contributed by atoms with E-state index in [0.29, 0.717) is 58.3 Å². The lowest BCUT2D eigenvalue weighted by atomic mass is 9.65. The van der Waals surface area contributed by atoms with Crippen molar-refractivity contribution >= 4 is 17.8 Å². The molecule has 37 heavy (non-hydrogen) atoms. The van der Waals surface area contributed by atoms with E-state index in [4.69, 9.17) is 9.47 Å². The molecule has 3 heterocycles. The fourth-order valence-electron chi connectivity index (χ4n) is 6.61. The molecule has 1 N–H and O–H groups in total. The van der Waals surface area contributed by atoms with E-state index in [1.165, 1.54) is 0 Å². The summed E-state index contributed by atoms with van der Waals surface area (Å²) in [5, 5.41) is 9.34. The SMILES string of the molecule is C=CCCCCOC(=O)[C@H]1[C@H]2C(=O)N(CCCCO)C(C(=O)N(CC=C)CCCC)C23CC[C@]1(CC)O3. The van der Waals surface area contributed by atoms with Gasteiger partial charge >= 0.3 is 5.97 Å². The third-order valence-electron chi connectivity index (χ3n) is 8.47. The van der Waals surface area contributed by atoms with Gasteiger partial charge in [-0.25, -0.2) is 0 Å². The zero-order valence-electron chi connectivity index (χ0n) is 22.8. The highest BCUT2D eigenvalue weighted by Gasteiger charge is 2.79. The predicted molar refractivity (Wildman–Crippen MR) is 142 cm³/mol. The minimum absolute atomic E-state index is 0.0184. The fraction of sp³-hybridized carbons (Fsp3) is 0.759. The van der Waals surface area contributed by atoms with Crippen molar-refractivity contribution in [1.82, 2.24) is 9.80 Å². The molecular weight excluding hydrogens is 472 g/mol. The number of unbranched alkanes of at least 4 members (excludes halogenated alkanes) is 4. The van der Waals surface area contributed by atoms with Crippen molar-refractivity contribution in [1.29, 1.82) is 0 Å². The first-order valence-corrected chi connectivity index (χ1v) is 14.2. The molecule has 3 rings (SSSR count). The monoisotopic (exact) mass is 518 g/mol. The first kappa shape index (κ1) is 29.4. The molecular formula is C29H46N2O6. The summed E-state index contributed by atoms with van der Waals surface area (Å²) in [7, 11) is 0. The standard InChI is InChI=1S/C29H46N2O6/c1-5-9-11-14-21-36-27(35)23-22-25(33)31(19-12-13-20-32)24(26(34)30(17-7-3)18-10-6-2)29(22)16-15-28(23,8-4)37-29/h5,7,22-24,32H,1,3,6,8-21H2,2,4H3/t22-,23+,24?,28-,29?/m0/s1. The van der Waals surface area contributed by atoms with E-state index in [2.05, 4.69) is 20.1 Å². The molecule has 2 amide bonds. The van der Waals surface area contributed by atoms with Gasteiger partial charge in [0.1, 0.15) is 17.6 Å². The van der Waals surface area contributed by atoms with E-state index in [1.54, 1.807) is 15.9 Å². The predicted octanol–water partition coefficient (Wildman–Crippen LogP) is 3.63. The summed E-state index contributed by atoms with van der Waals surface area (Å²) in [4.78, 5) is 45.1. The van der Waals surface area contributed by atoms with Crippen LogP contribution in [-0.4, -0.2) is 82.8 Å². The molecule has 1 spiro atoms. The Hall–Kier alpha value is -2.19. The van der Waals surface area contributed by atoms with Crippen molar-refractivity contribution in [3.63, 3.8) is 0 Å². The zero-order valence-corrected chi connectivity index (χ0v) is 22.8. The molecule has 2 bridgehead atoms. The van der Waals surface area contributed by atoms with Crippen molar-refractivity contribution in [2.75, 3.05) is 32.8 Å². The van der Waals surface area contributed by atoms with Crippen LogP contribution >= 0.6 is 0 Å². The number of fused-ring (bicyclic) bond motifs is 1. The van der Waals surface area contributed by atoms with Crippen LogP contribution in [0.3, 0.4) is 0 Å². The van der Waals surface area contributed by atoms with Crippen LogP contribution < -0.4 is 0 Å². The lowest BCUT2D eigenvalue weighted by molar-refractivity contribution is -0.162. The number of ether oxygens (including phenoxy) is 2. The van der Waals surface area contributed by atoms with E-state index in [0.717, 1.165) is 32.1 Å². The van der Waals surface area contributed by atoms with E-state index >= 15 is 0 Å². The fourth-order valence-corrected chi connectivity index (χ4v) is 6.61. The molecule has 3 fully saturated rings. The van der Waals surface area contributed by atoms with Gasteiger partial charge in [-0.2, -0.15) is 0 Å². The molecule has 3 saturated heterocycles. The second-order valence-corrected chi connectivity index (χ2v) is 10.7. The molecule has 2 unspecified atom stereocenters. The molecule has 0 aromatic rings. The van der Waals surface area contributed by atoms with Crippen LogP contribution in [0.5, 0.6) is 0 Å². The highest BCUT2D eigenvalue weighted by atomic mass is 16.6. The maximum atomic E-state index is 14.1. The summed E-state index contributed by atoms with van der Waals surface area (Å²) in [5.41, 5.74) is -1.83. The van der Waals surface area contributed by atoms with Gasteiger partial charge in [0, 0.05) is 26.2 Å². The first-order chi connectivity index (χ1) is 17.9. The van der Waals surface area contributed by atoms with Crippen molar-refractivity contribution in [3.8, 4) is 0 Å². The first-order valence-electron chi connectivity index (χ1n) is 14.2. The topological polar surface area (TPSA) is 96.4 Å². The summed E-state index contributed by atoms with van der Waals surface area (Å²) in [6.07, 6.45) is 10.7. The molecule has 8 nitrogen and oxygen atoms in total. The highest BCUT2D eigenvalue weighted by Crippen LogP contribution is 2.64. The Morgan fingerprint density at radius 2 is 1.95 bits per heavy atom. The Bertz CT molecular complexity index is 846. The Labute approximate surface area is 222 Å². The van der Waals surface area contributed by atoms with Gasteiger partial charge in [-0.1, -0.05) is 32.4 Å². The number of esters is 1. The van der Waals surface area contributed by atoms with Crippen molar-refractivity contribution in [2.45, 2.75) is 95.3 Å². The second-order valence-electron chi connectivity index (χ2n) is 10.7. The molecule has 0 aliphatic carbocycles. The van der Waals surface area contributed by atoms with Crippen LogP contribution in [0.4, 0.5) is 0 Å². The number of hydrogen-bond donors (Lipinski definition) is 1. The molecule has 8 heteroatoms. The second kappa shape index (κ2) is 13.1. The number of nitrogens with zero attached hydrogens (tertiary/aromatic N) is 2. The van der Waals surface area contributed by atoms with Gasteiger partial charge in [0.2, 0.25) is 11.8 Å². The molecule has 0 aromatic carbocycles. The normalized spacial score (nSPS) is 29.9.